The fourth-order valence-electron chi connectivity index (χ4n) is 3.52. The third-order valence-electron chi connectivity index (χ3n) is 4.75. The maximum absolute atomic E-state index is 12.7. The first kappa shape index (κ1) is 18.0. The van der Waals surface area contributed by atoms with Crippen LogP contribution in [0.5, 0.6) is 0 Å². The van der Waals surface area contributed by atoms with Crippen LogP contribution in [-0.2, 0) is 4.79 Å². The lowest BCUT2D eigenvalue weighted by Crippen LogP contribution is -2.30. The van der Waals surface area contributed by atoms with Crippen molar-refractivity contribution in [2.24, 2.45) is 11.7 Å². The fraction of sp³-hybridized carbons (Fsp3) is 0.368. The Balaban J connectivity index is 1.83. The van der Waals surface area contributed by atoms with E-state index < -0.39 is 0 Å². The molecule has 3 rings (SSSR count). The fourth-order valence-corrected chi connectivity index (χ4v) is 4.74. The first-order valence-corrected chi connectivity index (χ1v) is 9.75. The number of halogens is 1. The van der Waals surface area contributed by atoms with E-state index >= 15 is 0 Å². The number of benzene rings is 1. The summed E-state index contributed by atoms with van der Waals surface area (Å²) in [5.41, 5.74) is 6.92. The highest BCUT2D eigenvalue weighted by Crippen LogP contribution is 2.39. The van der Waals surface area contributed by atoms with E-state index in [0.29, 0.717) is 16.3 Å². The second-order valence-electron chi connectivity index (χ2n) is 6.44. The van der Waals surface area contributed by atoms with E-state index in [9.17, 15) is 9.59 Å². The normalized spacial score (nSPS) is 16.4. The standard InChI is InChI=1S/C19H21ClN2O2S/c20-13-6-8-14(9-7-13)22-19(24)15-10-11-25-17(15)16(18(21)23)12-4-2-1-3-5-12/h6-12,16H,1-5H2,(H2,21,23)(H,22,24). The van der Waals surface area contributed by atoms with E-state index in [2.05, 4.69) is 5.32 Å². The van der Waals surface area contributed by atoms with E-state index in [-0.39, 0.29) is 23.7 Å². The Kier molecular flexibility index (Phi) is 5.76. The van der Waals surface area contributed by atoms with Crippen LogP contribution in [0.25, 0.3) is 0 Å². The monoisotopic (exact) mass is 376 g/mol. The van der Waals surface area contributed by atoms with Crippen molar-refractivity contribution < 1.29 is 9.59 Å². The minimum atomic E-state index is -0.383. The summed E-state index contributed by atoms with van der Waals surface area (Å²) in [4.78, 5) is 25.6. The molecule has 25 heavy (non-hydrogen) atoms. The molecule has 0 aliphatic heterocycles. The van der Waals surface area contributed by atoms with Gasteiger partial charge in [-0.25, -0.2) is 0 Å². The maximum Gasteiger partial charge on any atom is 0.256 e. The zero-order valence-electron chi connectivity index (χ0n) is 13.8. The van der Waals surface area contributed by atoms with Gasteiger partial charge < -0.3 is 11.1 Å². The number of rotatable bonds is 5. The lowest BCUT2D eigenvalue weighted by molar-refractivity contribution is -0.120. The molecule has 1 saturated carbocycles. The van der Waals surface area contributed by atoms with Gasteiger partial charge in [0.05, 0.1) is 11.5 Å². The van der Waals surface area contributed by atoms with Gasteiger partial charge in [-0.2, -0.15) is 0 Å². The Labute approximate surface area is 156 Å². The van der Waals surface area contributed by atoms with Gasteiger partial charge in [0.1, 0.15) is 0 Å². The lowest BCUT2D eigenvalue weighted by atomic mass is 9.78. The number of hydrogen-bond acceptors (Lipinski definition) is 3. The number of carbonyl (C=O) groups is 2. The summed E-state index contributed by atoms with van der Waals surface area (Å²) in [6.07, 6.45) is 5.42. The molecule has 2 amide bonds. The zero-order valence-corrected chi connectivity index (χ0v) is 15.4. The van der Waals surface area contributed by atoms with Crippen LogP contribution in [0, 0.1) is 5.92 Å². The van der Waals surface area contributed by atoms with E-state index in [1.165, 1.54) is 17.8 Å². The van der Waals surface area contributed by atoms with Gasteiger partial charge in [-0.3, -0.25) is 9.59 Å². The van der Waals surface area contributed by atoms with Crippen LogP contribution in [0.15, 0.2) is 35.7 Å². The number of nitrogens with one attached hydrogen (secondary N) is 1. The SMILES string of the molecule is NC(=O)C(c1sccc1C(=O)Nc1ccc(Cl)cc1)C1CCCCC1. The van der Waals surface area contributed by atoms with Gasteiger partial charge in [-0.1, -0.05) is 30.9 Å². The van der Waals surface area contributed by atoms with E-state index in [4.69, 9.17) is 17.3 Å². The molecule has 0 radical (unpaired) electrons. The summed E-state index contributed by atoms with van der Waals surface area (Å²) in [6, 6.07) is 8.71. The summed E-state index contributed by atoms with van der Waals surface area (Å²) in [5.74, 6) is -0.714. The quantitative estimate of drug-likeness (QED) is 0.786. The molecular formula is C19H21ClN2O2S. The van der Waals surface area contributed by atoms with Gasteiger partial charge in [0.2, 0.25) is 5.91 Å². The molecule has 132 valence electrons. The van der Waals surface area contributed by atoms with Crippen molar-refractivity contribution in [3.05, 3.63) is 51.2 Å². The molecule has 1 aromatic carbocycles. The summed E-state index contributed by atoms with van der Waals surface area (Å²) >= 11 is 7.31. The molecule has 1 unspecified atom stereocenters. The first-order chi connectivity index (χ1) is 12.1. The van der Waals surface area contributed by atoms with Crippen molar-refractivity contribution in [1.29, 1.82) is 0 Å². The summed E-state index contributed by atoms with van der Waals surface area (Å²) in [7, 11) is 0. The summed E-state index contributed by atoms with van der Waals surface area (Å²) < 4.78 is 0. The molecule has 2 aromatic rings. The molecule has 1 fully saturated rings. The van der Waals surface area contributed by atoms with Crippen molar-refractivity contribution in [2.75, 3.05) is 5.32 Å². The minimum Gasteiger partial charge on any atom is -0.369 e. The van der Waals surface area contributed by atoms with Crippen LogP contribution in [0.1, 0.15) is 53.3 Å². The molecule has 1 aliphatic carbocycles. The maximum atomic E-state index is 12.7. The molecule has 1 heterocycles. The Morgan fingerprint density at radius 2 is 1.80 bits per heavy atom. The molecule has 6 heteroatoms. The number of nitrogens with two attached hydrogens (primary N) is 1. The predicted octanol–water partition coefficient (Wildman–Crippen LogP) is 4.80. The number of anilines is 1. The molecule has 1 aliphatic rings. The molecule has 0 saturated heterocycles. The predicted molar refractivity (Wildman–Crippen MR) is 102 cm³/mol. The van der Waals surface area contributed by atoms with Gasteiger partial charge in [-0.05, 0) is 54.5 Å². The van der Waals surface area contributed by atoms with Crippen LogP contribution >= 0.6 is 22.9 Å². The number of thiophene rings is 1. The lowest BCUT2D eigenvalue weighted by Gasteiger charge is -2.28. The van der Waals surface area contributed by atoms with E-state index in [1.54, 1.807) is 30.3 Å². The molecule has 4 nitrogen and oxygen atoms in total. The smallest absolute Gasteiger partial charge is 0.256 e. The van der Waals surface area contributed by atoms with Crippen LogP contribution in [0.3, 0.4) is 0 Å². The van der Waals surface area contributed by atoms with Gasteiger partial charge >= 0.3 is 0 Å². The van der Waals surface area contributed by atoms with Crippen LogP contribution < -0.4 is 11.1 Å². The van der Waals surface area contributed by atoms with Gasteiger partial charge in [-0.15, -0.1) is 11.3 Å². The highest BCUT2D eigenvalue weighted by molar-refractivity contribution is 7.10. The van der Waals surface area contributed by atoms with Crippen molar-refractivity contribution in [2.45, 2.75) is 38.0 Å². The molecule has 0 bridgehead atoms. The molecule has 1 aromatic heterocycles. The Bertz CT molecular complexity index is 751. The third kappa shape index (κ3) is 4.22. The Morgan fingerprint density at radius 3 is 2.44 bits per heavy atom. The van der Waals surface area contributed by atoms with Crippen LogP contribution in [0.4, 0.5) is 5.69 Å². The third-order valence-corrected chi connectivity index (χ3v) is 6.00. The highest BCUT2D eigenvalue weighted by atomic mass is 35.5. The number of carbonyl (C=O) groups excluding carboxylic acids is 2. The van der Waals surface area contributed by atoms with Crippen molar-refractivity contribution in [3.63, 3.8) is 0 Å². The van der Waals surface area contributed by atoms with E-state index in [0.717, 1.165) is 30.6 Å². The van der Waals surface area contributed by atoms with Crippen molar-refractivity contribution >= 4 is 40.4 Å². The topological polar surface area (TPSA) is 72.2 Å². The van der Waals surface area contributed by atoms with Crippen molar-refractivity contribution in [1.82, 2.24) is 0 Å². The summed E-state index contributed by atoms with van der Waals surface area (Å²) in [6.45, 7) is 0. The highest BCUT2D eigenvalue weighted by Gasteiger charge is 2.33. The Hall–Kier alpha value is -1.85. The average Bonchev–Trinajstić information content (AvgIpc) is 3.07. The molecular weight excluding hydrogens is 356 g/mol. The number of amides is 2. The molecule has 1 atom stereocenters. The van der Waals surface area contributed by atoms with Gasteiger partial charge in [0.25, 0.3) is 5.91 Å². The summed E-state index contributed by atoms with van der Waals surface area (Å²) in [5, 5.41) is 5.33. The first-order valence-electron chi connectivity index (χ1n) is 8.50. The van der Waals surface area contributed by atoms with Crippen LogP contribution in [0.2, 0.25) is 5.02 Å². The van der Waals surface area contributed by atoms with Crippen LogP contribution in [-0.4, -0.2) is 11.8 Å². The van der Waals surface area contributed by atoms with Gasteiger partial charge in [0.15, 0.2) is 0 Å². The Morgan fingerprint density at radius 1 is 1.12 bits per heavy atom. The van der Waals surface area contributed by atoms with Crippen molar-refractivity contribution in [3.8, 4) is 0 Å². The second-order valence-corrected chi connectivity index (χ2v) is 7.82. The average molecular weight is 377 g/mol. The minimum absolute atomic E-state index is 0.222. The largest absolute Gasteiger partial charge is 0.369 e. The second kappa shape index (κ2) is 8.02. The number of primary amides is 1. The molecule has 3 N–H and O–H groups in total. The number of hydrogen-bond donors (Lipinski definition) is 2. The zero-order chi connectivity index (χ0) is 17.8. The van der Waals surface area contributed by atoms with Gasteiger partial charge in [0, 0.05) is 15.6 Å². The van der Waals surface area contributed by atoms with E-state index in [1.807, 2.05) is 5.38 Å². The molecule has 0 spiro atoms.